The van der Waals surface area contributed by atoms with Crippen molar-refractivity contribution in [2.45, 2.75) is 52.2 Å². The van der Waals surface area contributed by atoms with Crippen LogP contribution >= 0.6 is 0 Å². The Bertz CT molecular complexity index is 777. The van der Waals surface area contributed by atoms with Crippen molar-refractivity contribution in [3.8, 4) is 0 Å². The Labute approximate surface area is 172 Å². The summed E-state index contributed by atoms with van der Waals surface area (Å²) in [6, 6.07) is 11.4. The molecule has 0 spiro atoms. The Balaban J connectivity index is 1.74. The molecule has 0 fully saturated rings. The molecule has 0 unspecified atom stereocenters. The molecule has 29 heavy (non-hydrogen) atoms. The van der Waals surface area contributed by atoms with Gasteiger partial charge in [-0.05, 0) is 74.5 Å². The van der Waals surface area contributed by atoms with Crippen LogP contribution in [0.2, 0.25) is 0 Å². The fourth-order valence-corrected chi connectivity index (χ4v) is 3.48. The number of carbonyl (C=O) groups excluding carboxylic acids is 1. The van der Waals surface area contributed by atoms with Crippen LogP contribution in [0.1, 0.15) is 55.4 Å². The molecule has 1 N–H and O–H groups in total. The van der Waals surface area contributed by atoms with Gasteiger partial charge < -0.3 is 10.1 Å². The van der Waals surface area contributed by atoms with Crippen molar-refractivity contribution in [3.05, 3.63) is 70.8 Å². The number of unbranched alkanes of at least 4 members (excludes halogenated alkanes) is 1. The molecule has 0 radical (unpaired) electrons. The highest BCUT2D eigenvalue weighted by molar-refractivity contribution is 5.78. The molecule has 0 bridgehead atoms. The third kappa shape index (κ3) is 7.67. The highest BCUT2D eigenvalue weighted by atomic mass is 19.1. The molecular weight excluding hydrogens is 372 g/mol. The molecule has 5 heteroatoms. The minimum absolute atomic E-state index is 0.0789. The number of Topliss-reactive ketones (excluding diaryl/α,β-unsaturated/α-hetero) is 1. The molecule has 0 saturated heterocycles. The van der Waals surface area contributed by atoms with Gasteiger partial charge in [-0.2, -0.15) is 0 Å². The zero-order chi connectivity index (χ0) is 21.2. The van der Waals surface area contributed by atoms with Gasteiger partial charge in [-0.3, -0.25) is 4.79 Å². The predicted octanol–water partition coefficient (Wildman–Crippen LogP) is 5.52. The molecule has 2 aromatic rings. The number of ether oxygens (including phenoxy) is 1. The Morgan fingerprint density at radius 1 is 1.10 bits per heavy atom. The number of halogens is 2. The molecule has 0 aromatic heterocycles. The molecular formula is C24H31F2NO2. The number of methoxy groups -OCH3 is 1. The van der Waals surface area contributed by atoms with Crippen LogP contribution in [0, 0.1) is 24.5 Å². The largest absolute Gasteiger partial charge is 0.377 e. The number of hydrogen-bond acceptors (Lipinski definition) is 3. The molecule has 0 aliphatic carbocycles. The van der Waals surface area contributed by atoms with E-state index in [4.69, 9.17) is 4.74 Å². The lowest BCUT2D eigenvalue weighted by Gasteiger charge is -2.21. The number of carbonyl (C=O) groups is 1. The molecule has 0 aliphatic rings. The normalized spacial score (nSPS) is 13.3. The second-order valence-corrected chi connectivity index (χ2v) is 7.58. The van der Waals surface area contributed by atoms with Gasteiger partial charge >= 0.3 is 0 Å². The summed E-state index contributed by atoms with van der Waals surface area (Å²) < 4.78 is 32.0. The number of nitrogens with one attached hydrogen (secondary N) is 1. The fraction of sp³-hybridized carbons (Fsp3) is 0.458. The summed E-state index contributed by atoms with van der Waals surface area (Å²) in [7, 11) is 1.62. The monoisotopic (exact) mass is 403 g/mol. The van der Waals surface area contributed by atoms with Crippen molar-refractivity contribution in [1.29, 1.82) is 0 Å². The van der Waals surface area contributed by atoms with E-state index in [1.54, 1.807) is 39.2 Å². The van der Waals surface area contributed by atoms with Gasteiger partial charge in [-0.1, -0.05) is 30.7 Å². The summed E-state index contributed by atoms with van der Waals surface area (Å²) in [5.41, 5.74) is 2.60. The topological polar surface area (TPSA) is 38.3 Å². The van der Waals surface area contributed by atoms with Crippen molar-refractivity contribution in [2.75, 3.05) is 13.7 Å². The second-order valence-electron chi connectivity index (χ2n) is 7.58. The van der Waals surface area contributed by atoms with Crippen LogP contribution in [-0.2, 0) is 16.1 Å². The Morgan fingerprint density at radius 3 is 2.45 bits per heavy atom. The average Bonchev–Trinajstić information content (AvgIpc) is 2.70. The third-order valence-corrected chi connectivity index (χ3v) is 5.31. The first kappa shape index (κ1) is 23.2. The van der Waals surface area contributed by atoms with Gasteiger partial charge in [-0.15, -0.1) is 0 Å². The van der Waals surface area contributed by atoms with E-state index in [2.05, 4.69) is 5.32 Å². The van der Waals surface area contributed by atoms with E-state index in [0.29, 0.717) is 18.5 Å². The summed E-state index contributed by atoms with van der Waals surface area (Å²) in [6.45, 7) is 4.93. The minimum Gasteiger partial charge on any atom is -0.377 e. The molecule has 0 amide bonds. The minimum atomic E-state index is -0.282. The Hall–Kier alpha value is -2.11. The lowest BCUT2D eigenvalue weighted by Crippen LogP contribution is -2.18. The van der Waals surface area contributed by atoms with E-state index in [9.17, 15) is 13.6 Å². The SMILES string of the molecule is CO[C@H](C[C@H](CCCCNCc1ccc(F)c(C)c1)C(C)=O)c1ccc(F)cc1. The maximum absolute atomic E-state index is 13.3. The van der Waals surface area contributed by atoms with E-state index in [1.165, 1.54) is 18.2 Å². The highest BCUT2D eigenvalue weighted by Gasteiger charge is 2.21. The van der Waals surface area contributed by atoms with Gasteiger partial charge in [-0.25, -0.2) is 8.78 Å². The van der Waals surface area contributed by atoms with Crippen molar-refractivity contribution in [2.24, 2.45) is 5.92 Å². The summed E-state index contributed by atoms with van der Waals surface area (Å²) in [6.07, 6.45) is 3.06. The molecule has 158 valence electrons. The summed E-state index contributed by atoms with van der Waals surface area (Å²) in [4.78, 5) is 12.1. The first-order valence-corrected chi connectivity index (χ1v) is 10.1. The number of hydrogen-bond donors (Lipinski definition) is 1. The number of ketones is 1. The van der Waals surface area contributed by atoms with Crippen LogP contribution in [0.3, 0.4) is 0 Å². The molecule has 0 heterocycles. The number of rotatable bonds is 12. The van der Waals surface area contributed by atoms with Crippen molar-refractivity contribution >= 4 is 5.78 Å². The maximum Gasteiger partial charge on any atom is 0.133 e. The average molecular weight is 404 g/mol. The molecule has 2 rings (SSSR count). The zero-order valence-electron chi connectivity index (χ0n) is 17.5. The van der Waals surface area contributed by atoms with Crippen molar-refractivity contribution in [1.82, 2.24) is 5.32 Å². The molecule has 2 aromatic carbocycles. The highest BCUT2D eigenvalue weighted by Crippen LogP contribution is 2.28. The first-order chi connectivity index (χ1) is 13.9. The standard InChI is InChI=1S/C24H31F2NO2/c1-17-14-19(7-12-23(17)26)16-27-13-5-4-6-21(18(2)28)15-24(29-3)20-8-10-22(25)11-9-20/h7-12,14,21,24,27H,4-6,13,15-16H2,1-3H3/t21-,24+/m0/s1. The van der Waals surface area contributed by atoms with E-state index >= 15 is 0 Å². The van der Waals surface area contributed by atoms with Gasteiger partial charge in [0.15, 0.2) is 0 Å². The lowest BCUT2D eigenvalue weighted by molar-refractivity contribution is -0.122. The van der Waals surface area contributed by atoms with Crippen molar-refractivity contribution < 1.29 is 18.3 Å². The number of benzene rings is 2. The van der Waals surface area contributed by atoms with Crippen LogP contribution in [-0.4, -0.2) is 19.4 Å². The molecule has 3 nitrogen and oxygen atoms in total. The van der Waals surface area contributed by atoms with E-state index in [0.717, 1.165) is 36.9 Å². The van der Waals surface area contributed by atoms with E-state index in [1.807, 2.05) is 6.07 Å². The molecule has 0 saturated carbocycles. The summed E-state index contributed by atoms with van der Waals surface area (Å²) >= 11 is 0. The Morgan fingerprint density at radius 2 is 1.83 bits per heavy atom. The van der Waals surface area contributed by atoms with Gasteiger partial charge in [0, 0.05) is 19.6 Å². The van der Waals surface area contributed by atoms with Crippen molar-refractivity contribution in [3.63, 3.8) is 0 Å². The van der Waals surface area contributed by atoms with Gasteiger partial charge in [0.25, 0.3) is 0 Å². The van der Waals surface area contributed by atoms with Crippen LogP contribution < -0.4 is 5.32 Å². The molecule has 2 atom stereocenters. The zero-order valence-corrected chi connectivity index (χ0v) is 17.5. The predicted molar refractivity (Wildman–Crippen MR) is 112 cm³/mol. The van der Waals surface area contributed by atoms with E-state index < -0.39 is 0 Å². The maximum atomic E-state index is 13.3. The van der Waals surface area contributed by atoms with Crippen LogP contribution in [0.5, 0.6) is 0 Å². The van der Waals surface area contributed by atoms with Gasteiger partial charge in [0.2, 0.25) is 0 Å². The number of aryl methyl sites for hydroxylation is 1. The lowest BCUT2D eigenvalue weighted by atomic mass is 9.89. The Kier molecular flexibility index (Phi) is 9.42. The van der Waals surface area contributed by atoms with E-state index in [-0.39, 0.29) is 29.4 Å². The summed E-state index contributed by atoms with van der Waals surface area (Å²) in [5, 5.41) is 3.37. The quantitative estimate of drug-likeness (QED) is 0.475. The second kappa shape index (κ2) is 11.8. The van der Waals surface area contributed by atoms with Crippen LogP contribution in [0.25, 0.3) is 0 Å². The molecule has 0 aliphatic heterocycles. The third-order valence-electron chi connectivity index (χ3n) is 5.31. The fourth-order valence-electron chi connectivity index (χ4n) is 3.48. The first-order valence-electron chi connectivity index (χ1n) is 10.1. The smallest absolute Gasteiger partial charge is 0.133 e. The van der Waals surface area contributed by atoms with Gasteiger partial charge in [0.05, 0.1) is 6.10 Å². The van der Waals surface area contributed by atoms with Crippen LogP contribution in [0.15, 0.2) is 42.5 Å². The van der Waals surface area contributed by atoms with Crippen LogP contribution in [0.4, 0.5) is 8.78 Å². The summed E-state index contributed by atoms with van der Waals surface area (Å²) in [5.74, 6) is -0.386. The van der Waals surface area contributed by atoms with Gasteiger partial charge in [0.1, 0.15) is 17.4 Å².